The molecule has 0 spiro atoms. The Balaban J connectivity index is 1.20. The Labute approximate surface area is 285 Å². The van der Waals surface area contributed by atoms with Gasteiger partial charge in [0.1, 0.15) is 61.8 Å². The molecule has 0 unspecified atom stereocenters. The van der Waals surface area contributed by atoms with Gasteiger partial charge in [0.15, 0.2) is 0 Å². The van der Waals surface area contributed by atoms with Gasteiger partial charge in [-0.2, -0.15) is 0 Å². The van der Waals surface area contributed by atoms with Crippen LogP contribution in [-0.2, 0) is 9.47 Å². The maximum Gasteiger partial charge on any atom is 0.251 e. The summed E-state index contributed by atoms with van der Waals surface area (Å²) in [5, 5.41) is 5.69. The molecule has 8 rings (SSSR count). The van der Waals surface area contributed by atoms with Crippen molar-refractivity contribution in [2.24, 2.45) is 0 Å². The van der Waals surface area contributed by atoms with Crippen LogP contribution in [0.25, 0.3) is 0 Å². The Morgan fingerprint density at radius 1 is 0.612 bits per heavy atom. The average Bonchev–Trinajstić information content (AvgIpc) is 3.66. The van der Waals surface area contributed by atoms with Crippen molar-refractivity contribution in [3.63, 3.8) is 0 Å². The molecule has 1 aliphatic carbocycles. The molecule has 0 atom stereocenters. The molecule has 11 heteroatoms. The number of hydrogen-bond acceptors (Lipinski definition) is 9. The van der Waals surface area contributed by atoms with E-state index in [1.54, 1.807) is 42.5 Å². The fourth-order valence-corrected chi connectivity index (χ4v) is 4.57. The van der Waals surface area contributed by atoms with E-state index in [2.05, 4.69) is 16.4 Å². The van der Waals surface area contributed by atoms with Gasteiger partial charge in [-0.1, -0.05) is 18.2 Å². The molecular formula is C38H40N2O9. The molecule has 0 fully saturated rings. The second kappa shape index (κ2) is 19.4. The van der Waals surface area contributed by atoms with Crippen molar-refractivity contribution in [2.75, 3.05) is 72.6 Å². The number of allylic oxidation sites excluding steroid dienone is 1. The van der Waals surface area contributed by atoms with Gasteiger partial charge < -0.3 is 43.8 Å². The van der Waals surface area contributed by atoms with Gasteiger partial charge in [0.25, 0.3) is 11.8 Å². The van der Waals surface area contributed by atoms with Gasteiger partial charge in [-0.25, -0.2) is 0 Å². The Kier molecular flexibility index (Phi) is 13.8. The van der Waals surface area contributed by atoms with E-state index in [9.17, 15) is 9.59 Å². The van der Waals surface area contributed by atoms with E-state index >= 15 is 0 Å². The molecule has 2 amide bonds. The van der Waals surface area contributed by atoms with Crippen LogP contribution in [0.3, 0.4) is 0 Å². The lowest BCUT2D eigenvalue weighted by Gasteiger charge is -2.13. The zero-order valence-corrected chi connectivity index (χ0v) is 27.2. The van der Waals surface area contributed by atoms with Crippen LogP contribution < -0.4 is 34.3 Å². The second-order valence-corrected chi connectivity index (χ2v) is 10.7. The van der Waals surface area contributed by atoms with Crippen LogP contribution in [0.4, 0.5) is 0 Å². The van der Waals surface area contributed by atoms with E-state index in [-0.39, 0.29) is 55.9 Å². The number of carbonyl (C=O) groups is 2. The molecule has 0 aromatic heterocycles. The number of benzene rings is 3. The van der Waals surface area contributed by atoms with E-state index in [0.29, 0.717) is 68.4 Å². The lowest BCUT2D eigenvalue weighted by atomic mass is 10.1. The van der Waals surface area contributed by atoms with Gasteiger partial charge in [0.05, 0.1) is 39.5 Å². The number of carbonyl (C=O) groups excluding carboxylic acids is 2. The SMILES string of the molecule is O=C1NCCOc2ccc(cc2)OCCOC/C=C\COCCOc2ccc(cc2)OCCNC(=O)c2cc(OCC3=C=CC=C3)cc1c2. The zero-order chi connectivity index (χ0) is 33.9. The normalized spacial score (nSPS) is 17.3. The standard InChI is InChI=1S/C38H40N2O9/c41-37-30-25-31(27-36(26-30)49-28-29-5-1-2-6-29)38(42)40-16-20-46-33-9-13-35(14-10-33)48-24-22-44-18-4-3-17-43-21-23-47-34-11-7-32(8-12-34)45-19-15-39-37/h1-5,7-14,25-27H,15-24,28H2,(H,39,41)(H,40,42)/b4-3-. The van der Waals surface area contributed by atoms with Crippen molar-refractivity contribution in [1.82, 2.24) is 10.6 Å². The average molecular weight is 669 g/mol. The third-order valence-corrected chi connectivity index (χ3v) is 7.04. The fraction of sp³-hybridized carbons (Fsp3) is 0.289. The maximum atomic E-state index is 13.1. The van der Waals surface area contributed by atoms with E-state index in [1.807, 2.05) is 48.6 Å². The van der Waals surface area contributed by atoms with Crippen LogP contribution in [0, 0.1) is 0 Å². The van der Waals surface area contributed by atoms with Crippen molar-refractivity contribution in [3.05, 3.63) is 120 Å². The smallest absolute Gasteiger partial charge is 0.251 e. The molecule has 5 aliphatic rings. The van der Waals surface area contributed by atoms with Crippen LogP contribution in [0.2, 0.25) is 0 Å². The third kappa shape index (κ3) is 12.2. The van der Waals surface area contributed by atoms with Crippen LogP contribution in [0.5, 0.6) is 28.7 Å². The topological polar surface area (TPSA) is 123 Å². The molecule has 0 saturated heterocycles. The van der Waals surface area contributed by atoms with Crippen LogP contribution >= 0.6 is 0 Å². The molecule has 3 aromatic rings. The van der Waals surface area contributed by atoms with Gasteiger partial charge >= 0.3 is 0 Å². The first-order valence-electron chi connectivity index (χ1n) is 16.1. The summed E-state index contributed by atoms with van der Waals surface area (Å²) in [7, 11) is 0. The first-order chi connectivity index (χ1) is 24.1. The molecule has 0 saturated carbocycles. The fourth-order valence-electron chi connectivity index (χ4n) is 4.57. The summed E-state index contributed by atoms with van der Waals surface area (Å²) in [5.74, 6) is 2.31. The number of ether oxygens (including phenoxy) is 7. The molecule has 6 bridgehead atoms. The first-order valence-corrected chi connectivity index (χ1v) is 16.1. The Hall–Kier alpha value is -5.48. The summed E-state index contributed by atoms with van der Waals surface area (Å²) >= 11 is 0. The maximum absolute atomic E-state index is 13.1. The van der Waals surface area contributed by atoms with E-state index in [4.69, 9.17) is 33.2 Å². The van der Waals surface area contributed by atoms with Crippen LogP contribution in [-0.4, -0.2) is 84.4 Å². The van der Waals surface area contributed by atoms with E-state index in [0.717, 1.165) is 5.57 Å². The summed E-state index contributed by atoms with van der Waals surface area (Å²) in [6.07, 6.45) is 9.35. The monoisotopic (exact) mass is 668 g/mol. The molecular weight excluding hydrogens is 628 g/mol. The van der Waals surface area contributed by atoms with Crippen LogP contribution in [0.15, 0.2) is 108 Å². The predicted octanol–water partition coefficient (Wildman–Crippen LogP) is 4.69. The van der Waals surface area contributed by atoms with Gasteiger partial charge in [0.2, 0.25) is 0 Å². The predicted molar refractivity (Wildman–Crippen MR) is 183 cm³/mol. The summed E-state index contributed by atoms with van der Waals surface area (Å²) in [6.45, 7) is 3.82. The van der Waals surface area contributed by atoms with Gasteiger partial charge in [-0.05, 0) is 78.9 Å². The minimum absolute atomic E-state index is 0.241. The summed E-state index contributed by atoms with van der Waals surface area (Å²) in [6, 6.07) is 19.2. The highest BCUT2D eigenvalue weighted by Crippen LogP contribution is 2.21. The Morgan fingerprint density at radius 2 is 1.08 bits per heavy atom. The van der Waals surface area contributed by atoms with Crippen molar-refractivity contribution in [1.29, 1.82) is 0 Å². The molecule has 3 aromatic carbocycles. The lowest BCUT2D eigenvalue weighted by molar-refractivity contribution is 0.0946. The van der Waals surface area contributed by atoms with Gasteiger partial charge in [0, 0.05) is 16.7 Å². The third-order valence-electron chi connectivity index (χ3n) is 7.04. The van der Waals surface area contributed by atoms with Crippen molar-refractivity contribution in [3.8, 4) is 28.7 Å². The lowest BCUT2D eigenvalue weighted by Crippen LogP contribution is -2.30. The van der Waals surface area contributed by atoms with E-state index < -0.39 is 0 Å². The minimum atomic E-state index is -0.366. The van der Waals surface area contributed by atoms with Crippen LogP contribution in [0.1, 0.15) is 20.7 Å². The first kappa shape index (κ1) is 34.8. The van der Waals surface area contributed by atoms with Gasteiger partial charge in [-0.15, -0.1) is 5.73 Å². The second-order valence-electron chi connectivity index (χ2n) is 10.7. The number of amides is 2. The van der Waals surface area contributed by atoms with Crippen molar-refractivity contribution < 1.29 is 42.7 Å². The highest BCUT2D eigenvalue weighted by Gasteiger charge is 2.15. The van der Waals surface area contributed by atoms with Crippen molar-refractivity contribution >= 4 is 11.8 Å². The largest absolute Gasteiger partial charge is 0.492 e. The molecule has 0 radical (unpaired) electrons. The van der Waals surface area contributed by atoms with Gasteiger partial charge in [-0.3, -0.25) is 9.59 Å². The molecule has 4 aliphatic heterocycles. The van der Waals surface area contributed by atoms with E-state index in [1.165, 1.54) is 6.07 Å². The molecule has 256 valence electrons. The zero-order valence-electron chi connectivity index (χ0n) is 27.2. The Bertz CT molecular complexity index is 1540. The molecule has 4 heterocycles. The number of rotatable bonds is 3. The van der Waals surface area contributed by atoms with Crippen molar-refractivity contribution in [2.45, 2.75) is 0 Å². The number of hydrogen-bond donors (Lipinski definition) is 2. The molecule has 49 heavy (non-hydrogen) atoms. The quantitative estimate of drug-likeness (QED) is 0.302. The highest BCUT2D eigenvalue weighted by atomic mass is 16.5. The molecule has 2 N–H and O–H groups in total. The molecule has 11 nitrogen and oxygen atoms in total. The summed E-state index contributed by atoms with van der Waals surface area (Å²) in [5.41, 5.74) is 4.49. The summed E-state index contributed by atoms with van der Waals surface area (Å²) in [4.78, 5) is 26.2. The summed E-state index contributed by atoms with van der Waals surface area (Å²) < 4.78 is 40.1. The highest BCUT2D eigenvalue weighted by molar-refractivity contribution is 6.00. The minimum Gasteiger partial charge on any atom is -0.492 e. The Morgan fingerprint density at radius 3 is 1.53 bits per heavy atom. The number of nitrogens with one attached hydrogen (secondary N) is 2.